The Morgan fingerprint density at radius 2 is 2.38 bits per heavy atom. The van der Waals surface area contributed by atoms with Crippen molar-refractivity contribution in [1.82, 2.24) is 4.90 Å². The molecule has 13 heavy (non-hydrogen) atoms. The molecule has 0 N–H and O–H groups in total. The molecule has 1 aromatic rings. The lowest BCUT2D eigenvalue weighted by Crippen LogP contribution is -2.18. The van der Waals surface area contributed by atoms with Crippen LogP contribution in [0.3, 0.4) is 0 Å². The molecule has 2 rings (SSSR count). The molecule has 0 bridgehead atoms. The van der Waals surface area contributed by atoms with Crippen molar-refractivity contribution in [2.75, 3.05) is 13.1 Å². The lowest BCUT2D eigenvalue weighted by atomic mass is 10.2. The van der Waals surface area contributed by atoms with Gasteiger partial charge in [-0.1, -0.05) is 28.1 Å². The quantitative estimate of drug-likeness (QED) is 0.773. The Morgan fingerprint density at radius 1 is 1.46 bits per heavy atom. The number of aliphatic imine (C=N–C) groups is 1. The van der Waals surface area contributed by atoms with E-state index in [1.54, 1.807) is 0 Å². The molecule has 1 heterocycles. The molecule has 0 amide bonds. The molecule has 0 radical (unpaired) electrons. The third kappa shape index (κ3) is 2.31. The molecule has 0 aliphatic carbocycles. The van der Waals surface area contributed by atoms with Crippen LogP contribution in [0.25, 0.3) is 0 Å². The third-order valence-electron chi connectivity index (χ3n) is 2.04. The number of rotatable bonds is 2. The maximum atomic E-state index is 4.17. The monoisotopic (exact) mass is 238 g/mol. The molecule has 0 aromatic heterocycles. The summed E-state index contributed by atoms with van der Waals surface area (Å²) in [6.45, 7) is 2.95. The van der Waals surface area contributed by atoms with E-state index in [0.717, 1.165) is 24.1 Å². The van der Waals surface area contributed by atoms with E-state index in [1.165, 1.54) is 5.56 Å². The van der Waals surface area contributed by atoms with Gasteiger partial charge in [-0.05, 0) is 17.7 Å². The number of benzene rings is 1. The fourth-order valence-electron chi connectivity index (χ4n) is 1.41. The average molecular weight is 239 g/mol. The van der Waals surface area contributed by atoms with Gasteiger partial charge in [-0.3, -0.25) is 4.99 Å². The Bertz CT molecular complexity index is 322. The summed E-state index contributed by atoms with van der Waals surface area (Å²) in [4.78, 5) is 6.40. The van der Waals surface area contributed by atoms with Crippen molar-refractivity contribution >= 4 is 22.3 Å². The Morgan fingerprint density at radius 3 is 3.08 bits per heavy atom. The number of hydrogen-bond donors (Lipinski definition) is 0. The Hall–Kier alpha value is -0.830. The molecule has 0 atom stereocenters. The fraction of sp³-hybridized carbons (Fsp3) is 0.300. The van der Waals surface area contributed by atoms with Crippen molar-refractivity contribution < 1.29 is 0 Å². The van der Waals surface area contributed by atoms with Crippen molar-refractivity contribution in [2.24, 2.45) is 4.99 Å². The first-order chi connectivity index (χ1) is 6.34. The highest BCUT2D eigenvalue weighted by Crippen LogP contribution is 2.13. The van der Waals surface area contributed by atoms with Crippen molar-refractivity contribution in [2.45, 2.75) is 6.54 Å². The van der Waals surface area contributed by atoms with Gasteiger partial charge in [0.25, 0.3) is 0 Å². The van der Waals surface area contributed by atoms with Crippen LogP contribution in [0.1, 0.15) is 5.56 Å². The summed E-state index contributed by atoms with van der Waals surface area (Å²) in [5.41, 5.74) is 1.32. The molecule has 0 spiro atoms. The summed E-state index contributed by atoms with van der Waals surface area (Å²) in [7, 11) is 0. The first kappa shape index (κ1) is 8.75. The summed E-state index contributed by atoms with van der Waals surface area (Å²) in [5, 5.41) is 0. The predicted octanol–water partition coefficient (Wildman–Crippen LogP) is 2.29. The Labute approximate surface area is 86.4 Å². The Balaban J connectivity index is 2.04. The predicted molar refractivity (Wildman–Crippen MR) is 57.9 cm³/mol. The molecule has 0 saturated heterocycles. The van der Waals surface area contributed by atoms with Gasteiger partial charge < -0.3 is 4.90 Å². The van der Waals surface area contributed by atoms with Crippen LogP contribution in [0, 0.1) is 0 Å². The molecule has 68 valence electrons. The van der Waals surface area contributed by atoms with Crippen molar-refractivity contribution in [3.8, 4) is 0 Å². The van der Waals surface area contributed by atoms with Crippen molar-refractivity contribution in [3.63, 3.8) is 0 Å². The topological polar surface area (TPSA) is 15.6 Å². The maximum Gasteiger partial charge on any atom is 0.0854 e. The van der Waals surface area contributed by atoms with Crippen LogP contribution in [0.15, 0.2) is 33.7 Å². The van der Waals surface area contributed by atoms with Gasteiger partial charge in [0.15, 0.2) is 0 Å². The van der Waals surface area contributed by atoms with E-state index in [2.05, 4.69) is 44.0 Å². The summed E-state index contributed by atoms with van der Waals surface area (Å²) < 4.78 is 1.14. The summed E-state index contributed by atoms with van der Waals surface area (Å²) in [6.07, 6.45) is 1.93. The van der Waals surface area contributed by atoms with Crippen LogP contribution < -0.4 is 0 Å². The van der Waals surface area contributed by atoms with Crippen LogP contribution in [0.5, 0.6) is 0 Å². The minimum Gasteiger partial charge on any atom is -0.357 e. The highest BCUT2D eigenvalue weighted by atomic mass is 79.9. The lowest BCUT2D eigenvalue weighted by Gasteiger charge is -2.13. The highest BCUT2D eigenvalue weighted by molar-refractivity contribution is 9.10. The second kappa shape index (κ2) is 3.92. The molecule has 1 aliphatic rings. The zero-order chi connectivity index (χ0) is 9.10. The van der Waals surface area contributed by atoms with E-state index in [9.17, 15) is 0 Å². The second-order valence-electron chi connectivity index (χ2n) is 3.12. The first-order valence-electron chi connectivity index (χ1n) is 4.33. The van der Waals surface area contributed by atoms with Crippen LogP contribution >= 0.6 is 15.9 Å². The zero-order valence-corrected chi connectivity index (χ0v) is 8.87. The molecule has 3 heteroatoms. The Kier molecular flexibility index (Phi) is 2.64. The smallest absolute Gasteiger partial charge is 0.0854 e. The molecule has 1 aromatic carbocycles. The zero-order valence-electron chi connectivity index (χ0n) is 7.28. The first-order valence-corrected chi connectivity index (χ1v) is 5.12. The van der Waals surface area contributed by atoms with Gasteiger partial charge in [0.2, 0.25) is 0 Å². The molecule has 1 aliphatic heterocycles. The average Bonchev–Trinajstić information content (AvgIpc) is 2.57. The van der Waals surface area contributed by atoms with Gasteiger partial charge in [-0.2, -0.15) is 0 Å². The van der Waals surface area contributed by atoms with Crippen LogP contribution in [-0.4, -0.2) is 24.3 Å². The van der Waals surface area contributed by atoms with Crippen molar-refractivity contribution in [1.29, 1.82) is 0 Å². The van der Waals surface area contributed by atoms with Crippen molar-refractivity contribution in [3.05, 3.63) is 34.3 Å². The maximum absolute atomic E-state index is 4.17. The lowest BCUT2D eigenvalue weighted by molar-refractivity contribution is 0.463. The molecule has 0 fully saturated rings. The van der Waals surface area contributed by atoms with Gasteiger partial charge in [-0.15, -0.1) is 0 Å². The van der Waals surface area contributed by atoms with E-state index in [4.69, 9.17) is 0 Å². The fourth-order valence-corrected chi connectivity index (χ4v) is 1.85. The van der Waals surface area contributed by atoms with E-state index in [0.29, 0.717) is 0 Å². The van der Waals surface area contributed by atoms with Gasteiger partial charge in [0.1, 0.15) is 0 Å². The summed E-state index contributed by atoms with van der Waals surface area (Å²) >= 11 is 3.46. The van der Waals surface area contributed by atoms with Gasteiger partial charge in [-0.25, -0.2) is 0 Å². The van der Waals surface area contributed by atoms with Gasteiger partial charge in [0, 0.05) is 17.6 Å². The number of nitrogens with zero attached hydrogens (tertiary/aromatic N) is 2. The second-order valence-corrected chi connectivity index (χ2v) is 4.04. The van der Waals surface area contributed by atoms with E-state index in [1.807, 2.05) is 12.4 Å². The molecular formula is C10H11BrN2. The normalized spacial score (nSPS) is 15.3. The standard InChI is InChI=1S/C10H11BrN2/c11-10-3-1-2-9(6-10)7-13-5-4-12-8-13/h1-3,6,8H,4-5,7H2. The number of halogens is 1. The van der Waals surface area contributed by atoms with Gasteiger partial charge >= 0.3 is 0 Å². The molecule has 2 nitrogen and oxygen atoms in total. The highest BCUT2D eigenvalue weighted by Gasteiger charge is 2.05. The summed E-state index contributed by atoms with van der Waals surface area (Å²) in [6, 6.07) is 8.39. The molecular weight excluding hydrogens is 228 g/mol. The van der Waals surface area contributed by atoms with E-state index < -0.39 is 0 Å². The van der Waals surface area contributed by atoms with Crippen LogP contribution in [0.4, 0.5) is 0 Å². The summed E-state index contributed by atoms with van der Waals surface area (Å²) in [5.74, 6) is 0. The van der Waals surface area contributed by atoms with Crippen LogP contribution in [-0.2, 0) is 6.54 Å². The van der Waals surface area contributed by atoms with E-state index >= 15 is 0 Å². The minimum absolute atomic E-state index is 0.938. The van der Waals surface area contributed by atoms with Crippen LogP contribution in [0.2, 0.25) is 0 Å². The number of hydrogen-bond acceptors (Lipinski definition) is 2. The molecule has 0 unspecified atom stereocenters. The minimum atomic E-state index is 0.938. The van der Waals surface area contributed by atoms with E-state index in [-0.39, 0.29) is 0 Å². The largest absolute Gasteiger partial charge is 0.357 e. The van der Waals surface area contributed by atoms with Gasteiger partial charge in [0.05, 0.1) is 12.9 Å². The SMILES string of the molecule is Brc1cccc(CN2C=NCC2)c1. The third-order valence-corrected chi connectivity index (χ3v) is 2.53. The molecule has 0 saturated carbocycles.